The highest BCUT2D eigenvalue weighted by Crippen LogP contribution is 2.27. The van der Waals surface area contributed by atoms with Crippen LogP contribution in [0.3, 0.4) is 0 Å². The van der Waals surface area contributed by atoms with Crippen molar-refractivity contribution in [1.82, 2.24) is 15.2 Å². The Morgan fingerprint density at radius 2 is 2.30 bits per heavy atom. The number of carbonyl (C=O) groups is 2. The summed E-state index contributed by atoms with van der Waals surface area (Å²) in [6.07, 6.45) is 1.81. The molecule has 106 valence electrons. The summed E-state index contributed by atoms with van der Waals surface area (Å²) >= 11 is 5.67. The monoisotopic (exact) mass is 298 g/mol. The van der Waals surface area contributed by atoms with Crippen molar-refractivity contribution in [2.24, 2.45) is 0 Å². The predicted octanol–water partition coefficient (Wildman–Crippen LogP) is 0.605. The van der Waals surface area contributed by atoms with Crippen LogP contribution in [-0.2, 0) is 4.79 Å². The summed E-state index contributed by atoms with van der Waals surface area (Å²) in [6.45, 7) is 0.687. The molecule has 2 heterocycles. The predicted molar refractivity (Wildman–Crippen MR) is 69.4 cm³/mol. The lowest BCUT2D eigenvalue weighted by Crippen LogP contribution is -2.37. The number of hydrogen-bond donors (Lipinski definition) is 1. The highest BCUT2D eigenvalue weighted by Gasteiger charge is 2.29. The summed E-state index contributed by atoms with van der Waals surface area (Å²) < 4.78 is 0. The lowest BCUT2D eigenvalue weighted by atomic mass is 10.2. The minimum absolute atomic E-state index is 0.129. The second-order valence-corrected chi connectivity index (χ2v) is 4.54. The molecule has 1 aromatic heterocycles. The van der Waals surface area contributed by atoms with E-state index in [1.54, 1.807) is 0 Å². The Hall–Kier alpha value is -2.22. The average molecular weight is 299 g/mol. The minimum Gasteiger partial charge on any atom is -0.354 e. The Labute approximate surface area is 118 Å². The van der Waals surface area contributed by atoms with Crippen molar-refractivity contribution < 1.29 is 14.5 Å². The van der Waals surface area contributed by atoms with E-state index in [1.807, 2.05) is 0 Å². The summed E-state index contributed by atoms with van der Waals surface area (Å²) in [5.74, 6) is -0.892. The fraction of sp³-hybridized carbons (Fsp3) is 0.364. The van der Waals surface area contributed by atoms with Gasteiger partial charge in [-0.3, -0.25) is 19.7 Å². The van der Waals surface area contributed by atoms with E-state index in [-0.39, 0.29) is 23.2 Å². The molecule has 0 atom stereocenters. The molecule has 0 aliphatic carbocycles. The number of carbonyl (C=O) groups excluding carboxylic acids is 2. The van der Waals surface area contributed by atoms with Crippen molar-refractivity contribution in [1.29, 1.82) is 0 Å². The summed E-state index contributed by atoms with van der Waals surface area (Å²) in [5.41, 5.74) is -0.700. The zero-order valence-electron chi connectivity index (χ0n) is 10.3. The molecule has 1 aromatic rings. The van der Waals surface area contributed by atoms with Crippen molar-refractivity contribution in [2.45, 2.75) is 6.42 Å². The Morgan fingerprint density at radius 1 is 1.55 bits per heavy atom. The van der Waals surface area contributed by atoms with E-state index in [4.69, 9.17) is 11.6 Å². The topological polar surface area (TPSA) is 105 Å². The molecule has 20 heavy (non-hydrogen) atoms. The first-order valence-corrected chi connectivity index (χ1v) is 6.23. The van der Waals surface area contributed by atoms with Gasteiger partial charge in [0.1, 0.15) is 5.56 Å². The second kappa shape index (κ2) is 5.83. The van der Waals surface area contributed by atoms with Gasteiger partial charge in [-0.15, -0.1) is 0 Å². The van der Waals surface area contributed by atoms with Crippen LogP contribution in [0.5, 0.6) is 0 Å². The molecule has 1 saturated heterocycles. The van der Waals surface area contributed by atoms with Crippen LogP contribution in [0.1, 0.15) is 16.8 Å². The van der Waals surface area contributed by atoms with Gasteiger partial charge in [0.05, 0.1) is 11.5 Å². The van der Waals surface area contributed by atoms with Crippen molar-refractivity contribution in [3.05, 3.63) is 33.1 Å². The van der Waals surface area contributed by atoms with E-state index in [0.29, 0.717) is 19.5 Å². The smallest absolute Gasteiger partial charge is 0.319 e. The maximum Gasteiger partial charge on any atom is 0.319 e. The van der Waals surface area contributed by atoms with Crippen LogP contribution in [-0.4, -0.2) is 46.3 Å². The third-order valence-electron chi connectivity index (χ3n) is 2.84. The molecule has 0 aromatic carbocycles. The van der Waals surface area contributed by atoms with Crippen LogP contribution >= 0.6 is 11.6 Å². The number of pyridine rings is 1. The van der Waals surface area contributed by atoms with Gasteiger partial charge in [-0.25, -0.2) is 4.98 Å². The molecule has 0 saturated carbocycles. The standard InChI is InChI=1S/C11H11ClN4O4/c12-10-9(16(19)20)7(2-4-14-10)11(18)15-5-1-3-13-8(17)6-15/h2,4H,1,3,5-6H2,(H,13,17). The molecule has 9 heteroatoms. The molecule has 1 N–H and O–H groups in total. The Balaban J connectivity index is 2.35. The molecule has 1 aliphatic heterocycles. The average Bonchev–Trinajstić information content (AvgIpc) is 2.61. The van der Waals surface area contributed by atoms with E-state index in [9.17, 15) is 19.7 Å². The number of hydrogen-bond acceptors (Lipinski definition) is 5. The Kier molecular flexibility index (Phi) is 4.14. The van der Waals surface area contributed by atoms with Gasteiger partial charge in [0, 0.05) is 19.3 Å². The molecular formula is C11H11ClN4O4. The first-order chi connectivity index (χ1) is 9.50. The highest BCUT2D eigenvalue weighted by atomic mass is 35.5. The molecule has 1 aliphatic rings. The maximum absolute atomic E-state index is 12.3. The summed E-state index contributed by atoms with van der Waals surface area (Å²) in [5, 5.41) is 13.3. The Morgan fingerprint density at radius 3 is 3.00 bits per heavy atom. The number of nitrogens with one attached hydrogen (secondary N) is 1. The van der Waals surface area contributed by atoms with Crippen LogP contribution in [0.2, 0.25) is 5.15 Å². The van der Waals surface area contributed by atoms with Crippen LogP contribution < -0.4 is 5.32 Å². The second-order valence-electron chi connectivity index (χ2n) is 4.19. The van der Waals surface area contributed by atoms with Gasteiger partial charge in [0.15, 0.2) is 0 Å². The van der Waals surface area contributed by atoms with E-state index < -0.39 is 16.5 Å². The molecule has 0 bridgehead atoms. The van der Waals surface area contributed by atoms with Gasteiger partial charge in [-0.05, 0) is 12.5 Å². The molecule has 8 nitrogen and oxygen atoms in total. The number of nitrogens with zero attached hydrogens (tertiary/aromatic N) is 3. The van der Waals surface area contributed by atoms with Gasteiger partial charge in [0.2, 0.25) is 11.1 Å². The summed E-state index contributed by atoms with van der Waals surface area (Å²) in [4.78, 5) is 38.9. The van der Waals surface area contributed by atoms with E-state index in [0.717, 1.165) is 0 Å². The first-order valence-electron chi connectivity index (χ1n) is 5.85. The fourth-order valence-electron chi connectivity index (χ4n) is 1.92. The molecule has 2 amide bonds. The number of halogens is 1. The normalized spacial score (nSPS) is 15.4. The van der Waals surface area contributed by atoms with Crippen LogP contribution in [0.4, 0.5) is 5.69 Å². The van der Waals surface area contributed by atoms with E-state index >= 15 is 0 Å². The van der Waals surface area contributed by atoms with E-state index in [2.05, 4.69) is 10.3 Å². The number of rotatable bonds is 2. The number of nitro groups is 1. The lowest BCUT2D eigenvalue weighted by molar-refractivity contribution is -0.385. The molecular weight excluding hydrogens is 288 g/mol. The highest BCUT2D eigenvalue weighted by molar-refractivity contribution is 6.32. The number of amides is 2. The quantitative estimate of drug-likeness (QED) is 0.489. The molecule has 2 rings (SSSR count). The van der Waals surface area contributed by atoms with Crippen LogP contribution in [0, 0.1) is 10.1 Å². The maximum atomic E-state index is 12.3. The van der Waals surface area contributed by atoms with Crippen LogP contribution in [0.15, 0.2) is 12.3 Å². The van der Waals surface area contributed by atoms with Gasteiger partial charge in [-0.2, -0.15) is 0 Å². The summed E-state index contributed by atoms with van der Waals surface area (Å²) in [7, 11) is 0. The molecule has 0 radical (unpaired) electrons. The molecule has 1 fully saturated rings. The lowest BCUT2D eigenvalue weighted by Gasteiger charge is -2.18. The zero-order valence-corrected chi connectivity index (χ0v) is 11.1. The van der Waals surface area contributed by atoms with Crippen molar-refractivity contribution in [2.75, 3.05) is 19.6 Å². The van der Waals surface area contributed by atoms with Gasteiger partial charge in [0.25, 0.3) is 5.91 Å². The fourth-order valence-corrected chi connectivity index (χ4v) is 2.15. The van der Waals surface area contributed by atoms with Gasteiger partial charge < -0.3 is 10.2 Å². The molecule has 0 unspecified atom stereocenters. The van der Waals surface area contributed by atoms with E-state index in [1.165, 1.54) is 17.2 Å². The SMILES string of the molecule is O=C1CN(C(=O)c2ccnc(Cl)c2[N+](=O)[O-])CCCN1. The van der Waals surface area contributed by atoms with Crippen LogP contribution in [0.25, 0.3) is 0 Å². The number of aromatic nitrogens is 1. The van der Waals surface area contributed by atoms with Crippen molar-refractivity contribution in [3.63, 3.8) is 0 Å². The van der Waals surface area contributed by atoms with Crippen molar-refractivity contribution in [3.8, 4) is 0 Å². The first kappa shape index (κ1) is 14.2. The van der Waals surface area contributed by atoms with Gasteiger partial charge >= 0.3 is 5.69 Å². The zero-order chi connectivity index (χ0) is 14.7. The van der Waals surface area contributed by atoms with Gasteiger partial charge in [-0.1, -0.05) is 11.6 Å². The Bertz CT molecular complexity index is 578. The minimum atomic E-state index is -0.750. The largest absolute Gasteiger partial charge is 0.354 e. The third kappa shape index (κ3) is 2.85. The third-order valence-corrected chi connectivity index (χ3v) is 3.12. The molecule has 0 spiro atoms. The summed E-state index contributed by atoms with van der Waals surface area (Å²) in [6, 6.07) is 1.23. The van der Waals surface area contributed by atoms with Crippen molar-refractivity contribution >= 4 is 29.1 Å².